The van der Waals surface area contributed by atoms with Gasteiger partial charge < -0.3 is 4.90 Å². The standard InChI is InChI=1S/C62H51N/c1-3-61(4-2)56-40-42(30-32-44-19-17-29-55-60(44)52-26-14-15-28-54(52)62(55,46-20-8-5-9-21-46)47-22-10-6-11-23-47)31-37-50(56)51-38-36-49(41-57(51)61)63(48-24-12-7-13-25-48)58-39-35-45-34-33-43-18-16-27-53(58)59(43)45/h5-15,17-26,28-32,35-41H,3-4,16,27,33-34H2,1-2H3/b32-30+. The van der Waals surface area contributed by atoms with E-state index in [0.717, 1.165) is 32.1 Å². The number of hydrogen-bond donors (Lipinski definition) is 0. The van der Waals surface area contributed by atoms with Crippen molar-refractivity contribution in [2.75, 3.05) is 4.90 Å². The summed E-state index contributed by atoms with van der Waals surface area (Å²) < 4.78 is 0. The van der Waals surface area contributed by atoms with Crippen molar-refractivity contribution in [3.63, 3.8) is 0 Å². The summed E-state index contributed by atoms with van der Waals surface area (Å²) in [5.74, 6) is 0. The number of para-hydroxylation sites is 1. The molecule has 0 aromatic heterocycles. The Hall–Kier alpha value is -6.96. The lowest BCUT2D eigenvalue weighted by Crippen LogP contribution is -2.28. The first-order valence-corrected chi connectivity index (χ1v) is 23.2. The summed E-state index contributed by atoms with van der Waals surface area (Å²) in [5.41, 5.74) is 25.4. The van der Waals surface area contributed by atoms with Crippen LogP contribution in [-0.2, 0) is 23.7 Å². The van der Waals surface area contributed by atoms with Crippen LogP contribution in [0.2, 0.25) is 0 Å². The molecule has 0 unspecified atom stereocenters. The molecule has 0 aliphatic heterocycles. The Morgan fingerprint density at radius 1 is 0.492 bits per heavy atom. The molecule has 304 valence electrons. The largest absolute Gasteiger partial charge is 0.310 e. The molecule has 0 saturated heterocycles. The van der Waals surface area contributed by atoms with Gasteiger partial charge >= 0.3 is 0 Å². The van der Waals surface area contributed by atoms with E-state index in [2.05, 4.69) is 219 Å². The highest BCUT2D eigenvalue weighted by atomic mass is 15.1. The molecule has 0 N–H and O–H groups in total. The minimum Gasteiger partial charge on any atom is -0.310 e. The van der Waals surface area contributed by atoms with Crippen LogP contribution in [0.5, 0.6) is 0 Å². The minimum absolute atomic E-state index is 0.0904. The molecule has 4 aliphatic carbocycles. The fourth-order valence-electron chi connectivity index (χ4n) is 12.4. The van der Waals surface area contributed by atoms with Crippen LogP contribution >= 0.6 is 0 Å². The second-order valence-corrected chi connectivity index (χ2v) is 18.0. The van der Waals surface area contributed by atoms with Crippen molar-refractivity contribution in [1.29, 1.82) is 0 Å². The lowest BCUT2D eigenvalue weighted by atomic mass is 9.67. The summed E-state index contributed by atoms with van der Waals surface area (Å²) in [5, 5.41) is 0. The van der Waals surface area contributed by atoms with E-state index in [9.17, 15) is 0 Å². The molecule has 0 fully saturated rings. The third kappa shape index (κ3) is 5.55. The predicted molar refractivity (Wildman–Crippen MR) is 265 cm³/mol. The maximum Gasteiger partial charge on any atom is 0.0713 e. The van der Waals surface area contributed by atoms with E-state index in [0.29, 0.717) is 0 Å². The molecule has 0 saturated carbocycles. The number of allylic oxidation sites excluding steroid dienone is 2. The number of anilines is 3. The van der Waals surface area contributed by atoms with Crippen molar-refractivity contribution in [3.05, 3.63) is 249 Å². The van der Waals surface area contributed by atoms with Gasteiger partial charge in [-0.2, -0.15) is 0 Å². The highest BCUT2D eigenvalue weighted by Gasteiger charge is 2.46. The second kappa shape index (κ2) is 14.8. The van der Waals surface area contributed by atoms with Crippen LogP contribution in [0.3, 0.4) is 0 Å². The van der Waals surface area contributed by atoms with Crippen molar-refractivity contribution in [2.45, 2.75) is 63.2 Å². The van der Waals surface area contributed by atoms with Crippen molar-refractivity contribution in [3.8, 4) is 22.3 Å². The van der Waals surface area contributed by atoms with Crippen LogP contribution in [-0.4, -0.2) is 0 Å². The zero-order valence-corrected chi connectivity index (χ0v) is 36.2. The quantitative estimate of drug-likeness (QED) is 0.131. The van der Waals surface area contributed by atoms with Crippen LogP contribution in [0.1, 0.15) is 101 Å². The van der Waals surface area contributed by atoms with Gasteiger partial charge in [-0.1, -0.05) is 184 Å². The Morgan fingerprint density at radius 2 is 1.16 bits per heavy atom. The van der Waals surface area contributed by atoms with Gasteiger partial charge in [0.1, 0.15) is 0 Å². The highest BCUT2D eigenvalue weighted by Crippen LogP contribution is 2.58. The number of hydrogen-bond acceptors (Lipinski definition) is 1. The Balaban J connectivity index is 0.957. The average molecular weight is 810 g/mol. The van der Waals surface area contributed by atoms with E-state index < -0.39 is 5.41 Å². The Bertz CT molecular complexity index is 3090. The summed E-state index contributed by atoms with van der Waals surface area (Å²) in [6.07, 6.45) is 13.8. The molecule has 1 heteroatoms. The minimum atomic E-state index is -0.411. The van der Waals surface area contributed by atoms with Crippen LogP contribution in [0.15, 0.2) is 188 Å². The number of aryl methyl sites for hydroxylation is 1. The lowest BCUT2D eigenvalue weighted by Gasteiger charge is -2.33. The summed E-state index contributed by atoms with van der Waals surface area (Å²) in [7, 11) is 0. The third-order valence-electron chi connectivity index (χ3n) is 15.2. The van der Waals surface area contributed by atoms with E-state index in [-0.39, 0.29) is 5.41 Å². The first kappa shape index (κ1) is 37.8. The zero-order chi connectivity index (χ0) is 42.1. The molecule has 8 aromatic carbocycles. The molecule has 0 spiro atoms. The molecule has 8 aromatic rings. The molecule has 0 atom stereocenters. The van der Waals surface area contributed by atoms with E-state index in [1.54, 1.807) is 5.57 Å². The van der Waals surface area contributed by atoms with Crippen LogP contribution in [0.25, 0.3) is 40.0 Å². The van der Waals surface area contributed by atoms with E-state index >= 15 is 0 Å². The second-order valence-electron chi connectivity index (χ2n) is 18.0. The smallest absolute Gasteiger partial charge is 0.0713 e. The molecule has 63 heavy (non-hydrogen) atoms. The number of fused-ring (bicyclic) bond motifs is 6. The average Bonchev–Trinajstić information content (AvgIpc) is 4.00. The van der Waals surface area contributed by atoms with Gasteiger partial charge in [-0.3, -0.25) is 0 Å². The maximum atomic E-state index is 2.55. The Labute approximate surface area is 372 Å². The van der Waals surface area contributed by atoms with Crippen LogP contribution in [0, 0.1) is 0 Å². The van der Waals surface area contributed by atoms with E-state index in [4.69, 9.17) is 0 Å². The summed E-state index contributed by atoms with van der Waals surface area (Å²) in [6.45, 7) is 4.78. The monoisotopic (exact) mass is 809 g/mol. The predicted octanol–water partition coefficient (Wildman–Crippen LogP) is 16.1. The van der Waals surface area contributed by atoms with Crippen LogP contribution < -0.4 is 4.90 Å². The van der Waals surface area contributed by atoms with E-state index in [1.807, 2.05) is 0 Å². The number of benzene rings is 8. The topological polar surface area (TPSA) is 3.24 Å². The van der Waals surface area contributed by atoms with Gasteiger partial charge in [0, 0.05) is 22.5 Å². The summed E-state index contributed by atoms with van der Waals surface area (Å²) in [6, 6.07) is 68.6. The fraction of sp³-hybridized carbons (Fsp3) is 0.161. The Morgan fingerprint density at radius 3 is 1.90 bits per heavy atom. The number of nitrogens with zero attached hydrogens (tertiary/aromatic N) is 1. The first-order valence-electron chi connectivity index (χ1n) is 23.2. The molecular weight excluding hydrogens is 759 g/mol. The Kier molecular flexibility index (Phi) is 8.90. The molecule has 1 nitrogen and oxygen atoms in total. The number of rotatable bonds is 9. The highest BCUT2D eigenvalue weighted by molar-refractivity contribution is 5.94. The van der Waals surface area contributed by atoms with Crippen molar-refractivity contribution in [2.24, 2.45) is 0 Å². The lowest BCUT2D eigenvalue weighted by molar-refractivity contribution is 0.490. The summed E-state index contributed by atoms with van der Waals surface area (Å²) >= 11 is 0. The van der Waals surface area contributed by atoms with Crippen molar-refractivity contribution in [1.82, 2.24) is 0 Å². The molecule has 0 radical (unpaired) electrons. The van der Waals surface area contributed by atoms with Gasteiger partial charge in [0.25, 0.3) is 0 Å². The van der Waals surface area contributed by atoms with Gasteiger partial charge in [-0.25, -0.2) is 0 Å². The zero-order valence-electron chi connectivity index (χ0n) is 36.2. The molecule has 0 bridgehead atoms. The molecular formula is C62H51N. The van der Waals surface area contributed by atoms with Crippen molar-refractivity contribution >= 4 is 34.8 Å². The van der Waals surface area contributed by atoms with Crippen molar-refractivity contribution < 1.29 is 0 Å². The maximum absolute atomic E-state index is 2.55. The van der Waals surface area contributed by atoms with Gasteiger partial charge in [0.2, 0.25) is 0 Å². The molecule has 12 rings (SSSR count). The van der Waals surface area contributed by atoms with Gasteiger partial charge in [0.05, 0.1) is 5.41 Å². The molecule has 0 heterocycles. The van der Waals surface area contributed by atoms with E-state index in [1.165, 1.54) is 107 Å². The van der Waals surface area contributed by atoms with Gasteiger partial charge in [-0.05, 0) is 158 Å². The van der Waals surface area contributed by atoms with Gasteiger partial charge in [-0.15, -0.1) is 0 Å². The first-order chi connectivity index (χ1) is 31.1. The molecule has 0 amide bonds. The normalized spacial score (nSPS) is 15.6. The SMILES string of the molecule is CCC1(CC)c2cc(/C=C/c3cccc4c3-c3ccccc3C4(c3ccccc3)c3ccccc3)ccc2-c2ccc(N(c3ccccc3)c3ccc4c5c3CCC=C5CC4)cc21. The molecule has 4 aliphatic rings. The summed E-state index contributed by atoms with van der Waals surface area (Å²) in [4.78, 5) is 2.55. The fourth-order valence-corrected chi connectivity index (χ4v) is 12.4. The van der Waals surface area contributed by atoms with Crippen LogP contribution in [0.4, 0.5) is 17.1 Å². The third-order valence-corrected chi connectivity index (χ3v) is 15.2. The van der Waals surface area contributed by atoms with Gasteiger partial charge in [0.15, 0.2) is 0 Å².